The summed E-state index contributed by atoms with van der Waals surface area (Å²) in [6.45, 7) is 2.27. The first-order chi connectivity index (χ1) is 8.33. The normalized spacial score (nSPS) is 10.7. The highest BCUT2D eigenvalue weighted by Crippen LogP contribution is 2.16. The van der Waals surface area contributed by atoms with Gasteiger partial charge in [0.2, 0.25) is 0 Å². The van der Waals surface area contributed by atoms with Gasteiger partial charge in [0.25, 0.3) is 0 Å². The van der Waals surface area contributed by atoms with Crippen molar-refractivity contribution in [2.45, 2.75) is 58.3 Å². The van der Waals surface area contributed by atoms with Gasteiger partial charge in [0.15, 0.2) is 0 Å². The van der Waals surface area contributed by atoms with Crippen LogP contribution in [0.15, 0.2) is 28.7 Å². The summed E-state index contributed by atoms with van der Waals surface area (Å²) in [7, 11) is 0. The summed E-state index contributed by atoms with van der Waals surface area (Å²) in [6, 6.07) is 8.53. The van der Waals surface area contributed by atoms with Crippen molar-refractivity contribution in [3.8, 4) is 0 Å². The highest BCUT2D eigenvalue weighted by molar-refractivity contribution is 9.10. The summed E-state index contributed by atoms with van der Waals surface area (Å²) in [5.41, 5.74) is 1.34. The van der Waals surface area contributed by atoms with E-state index in [0.717, 1.165) is 0 Å². The van der Waals surface area contributed by atoms with E-state index in [1.807, 2.05) is 0 Å². The maximum atomic E-state index is 3.50. The minimum atomic E-state index is 1.17. The maximum Gasteiger partial charge on any atom is 0.0178 e. The minimum Gasteiger partial charge on any atom is -0.0654 e. The van der Waals surface area contributed by atoms with E-state index in [9.17, 15) is 0 Å². The van der Waals surface area contributed by atoms with Crippen LogP contribution in [0.25, 0.3) is 0 Å². The number of hydrogen-bond donors (Lipinski definition) is 0. The van der Waals surface area contributed by atoms with Crippen molar-refractivity contribution < 1.29 is 0 Å². The lowest BCUT2D eigenvalue weighted by atomic mass is 10.0. The molecule has 0 fully saturated rings. The van der Waals surface area contributed by atoms with Crippen LogP contribution in [-0.2, 0) is 0 Å². The third-order valence-electron chi connectivity index (χ3n) is 3.04. The Morgan fingerprint density at radius 3 is 2.41 bits per heavy atom. The van der Waals surface area contributed by atoms with Gasteiger partial charge in [-0.15, -0.1) is 0 Å². The SMILES string of the molecule is CCCCCCCCC[CH]c1cccc(Br)c1. The molecule has 0 aliphatic rings. The fourth-order valence-electron chi connectivity index (χ4n) is 2.00. The monoisotopic (exact) mass is 295 g/mol. The molecule has 0 aromatic heterocycles. The molecule has 0 saturated heterocycles. The summed E-state index contributed by atoms with van der Waals surface area (Å²) >= 11 is 3.50. The summed E-state index contributed by atoms with van der Waals surface area (Å²) < 4.78 is 1.17. The van der Waals surface area contributed by atoms with Crippen LogP contribution in [0.4, 0.5) is 0 Å². The van der Waals surface area contributed by atoms with Gasteiger partial charge in [-0.1, -0.05) is 79.9 Å². The molecule has 0 amide bonds. The molecule has 0 atom stereocenters. The standard InChI is InChI=1S/C16H24Br/c1-2-3-4-5-6-7-8-9-11-15-12-10-13-16(17)14-15/h10-14H,2-9H2,1H3. The summed E-state index contributed by atoms with van der Waals surface area (Å²) in [6.07, 6.45) is 13.3. The molecular weight excluding hydrogens is 272 g/mol. The van der Waals surface area contributed by atoms with E-state index in [-0.39, 0.29) is 0 Å². The van der Waals surface area contributed by atoms with Crippen molar-refractivity contribution >= 4 is 15.9 Å². The molecule has 0 aliphatic heterocycles. The Labute approximate surface area is 115 Å². The second-order valence-electron chi connectivity index (χ2n) is 4.67. The fourth-order valence-corrected chi connectivity index (χ4v) is 2.42. The summed E-state index contributed by atoms with van der Waals surface area (Å²) in [5.74, 6) is 0. The molecule has 0 bridgehead atoms. The molecule has 95 valence electrons. The van der Waals surface area contributed by atoms with Gasteiger partial charge >= 0.3 is 0 Å². The highest BCUT2D eigenvalue weighted by atomic mass is 79.9. The molecule has 0 saturated carbocycles. The van der Waals surface area contributed by atoms with Crippen molar-refractivity contribution in [2.75, 3.05) is 0 Å². The Morgan fingerprint density at radius 2 is 1.71 bits per heavy atom. The molecule has 1 aromatic rings. The molecule has 0 unspecified atom stereocenters. The zero-order chi connectivity index (χ0) is 12.3. The molecular formula is C16H24Br. The highest BCUT2D eigenvalue weighted by Gasteiger charge is 1.95. The Bertz CT molecular complexity index is 293. The Balaban J connectivity index is 1.97. The van der Waals surface area contributed by atoms with Crippen molar-refractivity contribution in [3.05, 3.63) is 40.7 Å². The third kappa shape index (κ3) is 7.59. The van der Waals surface area contributed by atoms with Crippen molar-refractivity contribution in [1.29, 1.82) is 0 Å². The quantitative estimate of drug-likeness (QED) is 0.480. The third-order valence-corrected chi connectivity index (χ3v) is 3.53. The molecule has 0 heterocycles. The first kappa shape index (κ1) is 14.8. The maximum absolute atomic E-state index is 3.50. The van der Waals surface area contributed by atoms with Gasteiger partial charge in [-0.2, -0.15) is 0 Å². The van der Waals surface area contributed by atoms with Gasteiger partial charge in [-0.3, -0.25) is 0 Å². The van der Waals surface area contributed by atoms with Crippen LogP contribution in [-0.4, -0.2) is 0 Å². The fraction of sp³-hybridized carbons (Fsp3) is 0.562. The number of unbranched alkanes of at least 4 members (excludes halogenated alkanes) is 7. The lowest BCUT2D eigenvalue weighted by Crippen LogP contribution is -1.84. The van der Waals surface area contributed by atoms with E-state index >= 15 is 0 Å². The Hall–Kier alpha value is -0.300. The minimum absolute atomic E-state index is 1.17. The molecule has 17 heavy (non-hydrogen) atoms. The van der Waals surface area contributed by atoms with Gasteiger partial charge in [-0.05, 0) is 30.5 Å². The topological polar surface area (TPSA) is 0 Å². The van der Waals surface area contributed by atoms with Gasteiger partial charge in [-0.25, -0.2) is 0 Å². The van der Waals surface area contributed by atoms with Gasteiger partial charge < -0.3 is 0 Å². The van der Waals surface area contributed by atoms with E-state index in [0.29, 0.717) is 0 Å². The molecule has 0 N–H and O–H groups in total. The number of hydrogen-bond acceptors (Lipinski definition) is 0. The van der Waals surface area contributed by atoms with Crippen molar-refractivity contribution in [1.82, 2.24) is 0 Å². The van der Waals surface area contributed by atoms with Gasteiger partial charge in [0.1, 0.15) is 0 Å². The molecule has 0 aliphatic carbocycles. The Kier molecular flexibility index (Phi) is 8.42. The average Bonchev–Trinajstić information content (AvgIpc) is 2.33. The van der Waals surface area contributed by atoms with Crippen LogP contribution in [0.5, 0.6) is 0 Å². The second-order valence-corrected chi connectivity index (χ2v) is 5.58. The second kappa shape index (κ2) is 9.70. The number of benzene rings is 1. The smallest absolute Gasteiger partial charge is 0.0178 e. The molecule has 0 nitrogen and oxygen atoms in total. The molecule has 1 rings (SSSR count). The van der Waals surface area contributed by atoms with E-state index in [4.69, 9.17) is 0 Å². The van der Waals surface area contributed by atoms with E-state index in [1.54, 1.807) is 0 Å². The molecule has 1 heteroatoms. The van der Waals surface area contributed by atoms with Crippen LogP contribution in [0, 0.1) is 6.42 Å². The Morgan fingerprint density at radius 1 is 1.00 bits per heavy atom. The van der Waals surface area contributed by atoms with Crippen LogP contribution in [0.3, 0.4) is 0 Å². The van der Waals surface area contributed by atoms with Crippen molar-refractivity contribution in [2.24, 2.45) is 0 Å². The summed E-state index contributed by atoms with van der Waals surface area (Å²) in [4.78, 5) is 0. The van der Waals surface area contributed by atoms with Crippen LogP contribution < -0.4 is 0 Å². The first-order valence-corrected chi connectivity index (χ1v) is 7.71. The van der Waals surface area contributed by atoms with Crippen LogP contribution >= 0.6 is 15.9 Å². The zero-order valence-corrected chi connectivity index (χ0v) is 12.5. The van der Waals surface area contributed by atoms with Gasteiger partial charge in [0.05, 0.1) is 0 Å². The lowest BCUT2D eigenvalue weighted by Gasteiger charge is -2.02. The zero-order valence-electron chi connectivity index (χ0n) is 10.9. The van der Waals surface area contributed by atoms with Crippen LogP contribution in [0.2, 0.25) is 0 Å². The summed E-state index contributed by atoms with van der Waals surface area (Å²) in [5, 5.41) is 0. The van der Waals surface area contributed by atoms with E-state index in [2.05, 4.69) is 53.5 Å². The molecule has 1 aromatic carbocycles. The van der Waals surface area contributed by atoms with Crippen molar-refractivity contribution in [3.63, 3.8) is 0 Å². The predicted molar refractivity (Wildman–Crippen MR) is 80.2 cm³/mol. The van der Waals surface area contributed by atoms with Crippen LogP contribution in [0.1, 0.15) is 63.9 Å². The van der Waals surface area contributed by atoms with E-state index < -0.39 is 0 Å². The predicted octanol–water partition coefficient (Wildman–Crippen LogP) is 6.14. The number of rotatable bonds is 9. The average molecular weight is 296 g/mol. The largest absolute Gasteiger partial charge is 0.0654 e. The lowest BCUT2D eigenvalue weighted by molar-refractivity contribution is 0.589. The number of halogens is 1. The van der Waals surface area contributed by atoms with E-state index in [1.165, 1.54) is 61.4 Å². The molecule has 0 spiro atoms. The molecule has 1 radical (unpaired) electrons. The first-order valence-electron chi connectivity index (χ1n) is 6.91. The van der Waals surface area contributed by atoms with Gasteiger partial charge in [0, 0.05) is 4.47 Å².